The Balaban J connectivity index is 1.33. The minimum Gasteiger partial charge on any atom is -0.389 e. The van der Waals surface area contributed by atoms with Gasteiger partial charge in [0.2, 0.25) is 0 Å². The van der Waals surface area contributed by atoms with E-state index in [1.165, 1.54) is 0 Å². The minimum absolute atomic E-state index is 0.125. The van der Waals surface area contributed by atoms with Gasteiger partial charge < -0.3 is 14.7 Å². The first-order chi connectivity index (χ1) is 16.0. The highest BCUT2D eigenvalue weighted by Crippen LogP contribution is 2.36. The number of nitrogens with zero attached hydrogens (tertiary/aromatic N) is 6. The van der Waals surface area contributed by atoms with Crippen LogP contribution in [0.1, 0.15) is 29.3 Å². The Bertz CT molecular complexity index is 1190. The van der Waals surface area contributed by atoms with Gasteiger partial charge in [-0.2, -0.15) is 5.10 Å². The first-order valence-corrected chi connectivity index (χ1v) is 11.7. The van der Waals surface area contributed by atoms with Gasteiger partial charge in [0, 0.05) is 37.0 Å². The number of aliphatic hydroxyl groups excluding tert-OH is 1. The number of β-amino-alcohol motifs (C(OH)–C–C–N with tert-alkyl or cyclic N) is 1. The van der Waals surface area contributed by atoms with Gasteiger partial charge in [0.25, 0.3) is 0 Å². The summed E-state index contributed by atoms with van der Waals surface area (Å²) in [6, 6.07) is 6.48. The molecule has 1 aromatic carbocycles. The maximum atomic E-state index is 15.4. The van der Waals surface area contributed by atoms with Crippen molar-refractivity contribution in [3.05, 3.63) is 41.3 Å². The fraction of sp³-hybridized carbons (Fsp3) is 0.542. The number of anilines is 1. The van der Waals surface area contributed by atoms with Crippen LogP contribution in [0.15, 0.2) is 24.4 Å². The number of hydrogen-bond acceptors (Lipinski definition) is 7. The smallest absolute Gasteiger partial charge is 0.159 e. The van der Waals surface area contributed by atoms with Crippen LogP contribution in [0.4, 0.5) is 10.2 Å². The second-order valence-electron chi connectivity index (χ2n) is 9.61. The fourth-order valence-electron chi connectivity index (χ4n) is 5.28. The second-order valence-corrected chi connectivity index (χ2v) is 9.61. The van der Waals surface area contributed by atoms with E-state index in [2.05, 4.69) is 39.0 Å². The lowest BCUT2D eigenvalue weighted by molar-refractivity contribution is -0.0807. The summed E-state index contributed by atoms with van der Waals surface area (Å²) in [7, 11) is 0. The molecular weight excluding hydrogens is 423 g/mol. The van der Waals surface area contributed by atoms with Crippen molar-refractivity contribution >= 4 is 16.7 Å². The third kappa shape index (κ3) is 3.68. The van der Waals surface area contributed by atoms with E-state index in [1.54, 1.807) is 0 Å². The highest BCUT2D eigenvalue weighted by molar-refractivity contribution is 5.82. The van der Waals surface area contributed by atoms with E-state index in [1.807, 2.05) is 28.8 Å². The molecule has 174 valence electrons. The van der Waals surface area contributed by atoms with E-state index in [-0.39, 0.29) is 12.0 Å². The number of rotatable bonds is 4. The monoisotopic (exact) mass is 452 g/mol. The number of fused-ring (bicyclic) bond motifs is 1. The lowest BCUT2D eigenvalue weighted by atomic mass is 9.84. The van der Waals surface area contributed by atoms with Crippen molar-refractivity contribution in [1.29, 1.82) is 0 Å². The van der Waals surface area contributed by atoms with Gasteiger partial charge in [-0.1, -0.05) is 0 Å². The van der Waals surface area contributed by atoms with Crippen molar-refractivity contribution in [2.45, 2.75) is 44.5 Å². The van der Waals surface area contributed by atoms with Crippen LogP contribution in [0.3, 0.4) is 0 Å². The Morgan fingerprint density at radius 2 is 1.85 bits per heavy atom. The lowest BCUT2D eigenvalue weighted by Crippen LogP contribution is -2.54. The molecule has 2 atom stereocenters. The Hall–Kier alpha value is -2.62. The molecule has 2 unspecified atom stereocenters. The zero-order valence-corrected chi connectivity index (χ0v) is 19.0. The first kappa shape index (κ1) is 20.9. The van der Waals surface area contributed by atoms with Crippen LogP contribution in [-0.4, -0.2) is 87.5 Å². The summed E-state index contributed by atoms with van der Waals surface area (Å²) in [4.78, 5) is 13.4. The molecule has 0 saturated carbocycles. The summed E-state index contributed by atoms with van der Waals surface area (Å²) >= 11 is 0. The summed E-state index contributed by atoms with van der Waals surface area (Å²) < 4.78 is 22.5. The summed E-state index contributed by atoms with van der Waals surface area (Å²) in [5.74, 6) is 1.99. The summed E-state index contributed by atoms with van der Waals surface area (Å²) in [6.07, 6.45) is 1.42. The summed E-state index contributed by atoms with van der Waals surface area (Å²) in [5, 5.41) is 15.3. The number of hydrogen-bond donors (Lipinski definition) is 1. The predicted molar refractivity (Wildman–Crippen MR) is 123 cm³/mol. The molecule has 0 aliphatic carbocycles. The number of aromatic nitrogens is 4. The van der Waals surface area contributed by atoms with Gasteiger partial charge in [0.1, 0.15) is 17.8 Å². The van der Waals surface area contributed by atoms with E-state index < -0.39 is 6.17 Å². The molecule has 9 heteroatoms. The van der Waals surface area contributed by atoms with Crippen molar-refractivity contribution in [2.24, 2.45) is 0 Å². The van der Waals surface area contributed by atoms with Crippen LogP contribution in [0.25, 0.3) is 16.7 Å². The SMILES string of the molecule is Cc1nc(N2CC(O)C2)cc(-n2ncc3cc(C)c(C4CCN(C5COC5)CC4F)cc32)n1. The number of benzene rings is 1. The molecule has 3 saturated heterocycles. The molecule has 0 spiro atoms. The largest absolute Gasteiger partial charge is 0.389 e. The number of piperidine rings is 1. The molecule has 0 bridgehead atoms. The molecule has 0 amide bonds. The Kier molecular flexibility index (Phi) is 5.08. The maximum Gasteiger partial charge on any atom is 0.159 e. The van der Waals surface area contributed by atoms with Gasteiger partial charge in [-0.05, 0) is 50.1 Å². The van der Waals surface area contributed by atoms with Crippen LogP contribution in [0.2, 0.25) is 0 Å². The van der Waals surface area contributed by atoms with E-state index in [0.717, 1.165) is 54.0 Å². The molecule has 1 N–H and O–H groups in total. The van der Waals surface area contributed by atoms with Gasteiger partial charge in [-0.25, -0.2) is 19.0 Å². The molecular formula is C24H29FN6O2. The third-order valence-electron chi connectivity index (χ3n) is 7.28. The van der Waals surface area contributed by atoms with Crippen LogP contribution in [-0.2, 0) is 4.74 Å². The summed E-state index contributed by atoms with van der Waals surface area (Å²) in [5.41, 5.74) is 3.08. The van der Waals surface area contributed by atoms with Gasteiger partial charge in [-0.3, -0.25) is 4.90 Å². The van der Waals surface area contributed by atoms with Gasteiger partial charge in [0.05, 0.1) is 37.1 Å². The number of likely N-dealkylation sites (tertiary alicyclic amines) is 1. The van der Waals surface area contributed by atoms with Gasteiger partial charge in [-0.15, -0.1) is 0 Å². The molecule has 3 fully saturated rings. The lowest BCUT2D eigenvalue weighted by Gasteiger charge is -2.43. The van der Waals surface area contributed by atoms with Crippen molar-refractivity contribution < 1.29 is 14.2 Å². The third-order valence-corrected chi connectivity index (χ3v) is 7.28. The van der Waals surface area contributed by atoms with E-state index in [4.69, 9.17) is 4.74 Å². The number of aliphatic hydroxyl groups is 1. The van der Waals surface area contributed by atoms with Crippen molar-refractivity contribution in [1.82, 2.24) is 24.6 Å². The zero-order chi connectivity index (χ0) is 22.7. The fourth-order valence-corrected chi connectivity index (χ4v) is 5.28. The van der Waals surface area contributed by atoms with Crippen LogP contribution in [0, 0.1) is 13.8 Å². The molecule has 33 heavy (non-hydrogen) atoms. The van der Waals surface area contributed by atoms with Gasteiger partial charge in [0.15, 0.2) is 5.82 Å². The molecule has 2 aromatic heterocycles. The Morgan fingerprint density at radius 1 is 1.06 bits per heavy atom. The second kappa shape index (κ2) is 8.00. The average Bonchev–Trinajstić information content (AvgIpc) is 3.12. The zero-order valence-electron chi connectivity index (χ0n) is 19.0. The number of alkyl halides is 1. The molecule has 3 aliphatic heterocycles. The molecule has 6 rings (SSSR count). The Labute approximate surface area is 192 Å². The van der Waals surface area contributed by atoms with Crippen LogP contribution in [0.5, 0.6) is 0 Å². The van der Waals surface area contributed by atoms with E-state index in [0.29, 0.717) is 37.3 Å². The van der Waals surface area contributed by atoms with Gasteiger partial charge >= 0.3 is 0 Å². The van der Waals surface area contributed by atoms with E-state index >= 15 is 4.39 Å². The highest BCUT2D eigenvalue weighted by atomic mass is 19.1. The quantitative estimate of drug-likeness (QED) is 0.650. The number of ether oxygens (including phenoxy) is 1. The molecule has 5 heterocycles. The first-order valence-electron chi connectivity index (χ1n) is 11.7. The standard InChI is InChI=1S/C24H29FN6O2/c1-14-5-16-8-26-31(24-7-23(27-15(2)28-24)30-9-18(32)10-30)22(16)6-20(14)19-3-4-29(11-21(19)25)17-12-33-13-17/h5-8,17-19,21,32H,3-4,9-13H2,1-2H3. The van der Waals surface area contributed by atoms with Crippen molar-refractivity contribution in [3.8, 4) is 5.82 Å². The minimum atomic E-state index is -0.905. The average molecular weight is 453 g/mol. The molecule has 0 radical (unpaired) electrons. The Morgan fingerprint density at radius 3 is 2.55 bits per heavy atom. The molecule has 3 aliphatic rings. The normalized spacial score (nSPS) is 24.8. The highest BCUT2D eigenvalue weighted by Gasteiger charge is 2.36. The predicted octanol–water partition coefficient (Wildman–Crippen LogP) is 2.14. The molecule has 3 aromatic rings. The topological polar surface area (TPSA) is 79.5 Å². The van der Waals surface area contributed by atoms with Crippen molar-refractivity contribution in [2.75, 3.05) is 44.3 Å². The van der Waals surface area contributed by atoms with Crippen LogP contribution >= 0.6 is 0 Å². The molecule has 8 nitrogen and oxygen atoms in total. The van der Waals surface area contributed by atoms with E-state index in [9.17, 15) is 5.11 Å². The van der Waals surface area contributed by atoms with Crippen molar-refractivity contribution in [3.63, 3.8) is 0 Å². The summed E-state index contributed by atoms with van der Waals surface area (Å²) in [6.45, 7) is 7.87. The van der Waals surface area contributed by atoms with Crippen LogP contribution < -0.4 is 4.90 Å². The number of halogens is 1. The number of aryl methyl sites for hydroxylation is 2. The maximum absolute atomic E-state index is 15.4.